The average molecular weight is 524 g/mol. The summed E-state index contributed by atoms with van der Waals surface area (Å²) in [6.45, 7) is 1.89. The van der Waals surface area contributed by atoms with E-state index >= 15 is 0 Å². The minimum absolute atomic E-state index is 0.103. The van der Waals surface area contributed by atoms with Crippen molar-refractivity contribution in [1.82, 2.24) is 5.32 Å². The minimum Gasteiger partial charge on any atom is -0.354 e. The molecule has 0 saturated heterocycles. The van der Waals surface area contributed by atoms with Crippen LogP contribution in [0.2, 0.25) is 10.0 Å². The van der Waals surface area contributed by atoms with Gasteiger partial charge in [-0.25, -0.2) is 8.42 Å². The third-order valence-corrected chi connectivity index (χ3v) is 8.25. The van der Waals surface area contributed by atoms with E-state index in [2.05, 4.69) is 5.32 Å². The zero-order chi connectivity index (χ0) is 23.8. The molecule has 174 valence electrons. The molecule has 0 aliphatic rings. The molecule has 5 nitrogen and oxygen atoms in total. The van der Waals surface area contributed by atoms with Gasteiger partial charge in [0, 0.05) is 28.1 Å². The Morgan fingerprint density at radius 2 is 1.76 bits per heavy atom. The SMILES string of the molecule is Cc1ccc(N(CC(=O)NCCSCc2cccc(Cl)c2)S(=O)(=O)c2ccccc2)cc1Cl. The van der Waals surface area contributed by atoms with Crippen molar-refractivity contribution in [2.45, 2.75) is 17.6 Å². The number of anilines is 1. The number of carbonyl (C=O) groups is 1. The first-order valence-electron chi connectivity index (χ1n) is 10.2. The molecule has 0 aliphatic heterocycles. The van der Waals surface area contributed by atoms with E-state index in [1.54, 1.807) is 48.2 Å². The van der Waals surface area contributed by atoms with E-state index in [1.165, 1.54) is 12.1 Å². The molecule has 0 atom stereocenters. The number of amides is 1. The molecule has 33 heavy (non-hydrogen) atoms. The van der Waals surface area contributed by atoms with Gasteiger partial charge < -0.3 is 5.32 Å². The quantitative estimate of drug-likeness (QED) is 0.354. The van der Waals surface area contributed by atoms with Gasteiger partial charge in [-0.2, -0.15) is 11.8 Å². The van der Waals surface area contributed by atoms with Crippen LogP contribution in [0.4, 0.5) is 5.69 Å². The molecular weight excluding hydrogens is 499 g/mol. The summed E-state index contributed by atoms with van der Waals surface area (Å²) >= 11 is 13.9. The van der Waals surface area contributed by atoms with Crippen molar-refractivity contribution in [3.8, 4) is 0 Å². The zero-order valence-corrected chi connectivity index (χ0v) is 21.1. The van der Waals surface area contributed by atoms with Crippen LogP contribution in [-0.2, 0) is 20.6 Å². The number of carbonyl (C=O) groups excluding carboxylic acids is 1. The van der Waals surface area contributed by atoms with Crippen molar-refractivity contribution in [2.24, 2.45) is 0 Å². The van der Waals surface area contributed by atoms with E-state index in [4.69, 9.17) is 23.2 Å². The predicted octanol–water partition coefficient (Wildman–Crippen LogP) is 5.55. The molecule has 0 spiro atoms. The highest BCUT2D eigenvalue weighted by molar-refractivity contribution is 7.98. The summed E-state index contributed by atoms with van der Waals surface area (Å²) in [5.74, 6) is 1.06. The smallest absolute Gasteiger partial charge is 0.264 e. The van der Waals surface area contributed by atoms with Crippen LogP contribution in [0.5, 0.6) is 0 Å². The first kappa shape index (κ1) is 25.4. The molecule has 1 amide bonds. The molecule has 0 heterocycles. The Labute approximate surface area is 209 Å². The van der Waals surface area contributed by atoms with Crippen LogP contribution in [-0.4, -0.2) is 33.2 Å². The topological polar surface area (TPSA) is 66.5 Å². The first-order chi connectivity index (χ1) is 15.8. The Morgan fingerprint density at radius 3 is 2.45 bits per heavy atom. The van der Waals surface area contributed by atoms with Crippen LogP contribution >= 0.6 is 35.0 Å². The lowest BCUT2D eigenvalue weighted by Gasteiger charge is -2.24. The molecule has 0 aliphatic carbocycles. The van der Waals surface area contributed by atoms with Gasteiger partial charge in [0.1, 0.15) is 6.54 Å². The summed E-state index contributed by atoms with van der Waals surface area (Å²) in [5, 5.41) is 3.93. The fraction of sp³-hybridized carbons (Fsp3) is 0.208. The Bertz CT molecular complexity index is 1210. The number of nitrogens with zero attached hydrogens (tertiary/aromatic N) is 1. The summed E-state index contributed by atoms with van der Waals surface area (Å²) in [5.41, 5.74) is 2.26. The van der Waals surface area contributed by atoms with E-state index < -0.39 is 15.9 Å². The molecule has 0 aromatic heterocycles. The number of rotatable bonds is 10. The van der Waals surface area contributed by atoms with Crippen LogP contribution < -0.4 is 9.62 Å². The molecule has 3 aromatic rings. The van der Waals surface area contributed by atoms with Crippen LogP contribution in [0.1, 0.15) is 11.1 Å². The molecule has 0 saturated carbocycles. The maximum Gasteiger partial charge on any atom is 0.264 e. The third-order valence-electron chi connectivity index (χ3n) is 4.79. The molecule has 0 unspecified atom stereocenters. The van der Waals surface area contributed by atoms with Crippen molar-refractivity contribution in [3.63, 3.8) is 0 Å². The maximum atomic E-state index is 13.3. The van der Waals surface area contributed by atoms with Crippen LogP contribution in [0.3, 0.4) is 0 Å². The fourth-order valence-corrected chi connectivity index (χ4v) is 5.66. The molecule has 0 bridgehead atoms. The van der Waals surface area contributed by atoms with Crippen molar-refractivity contribution in [2.75, 3.05) is 23.1 Å². The number of thioether (sulfide) groups is 1. The van der Waals surface area contributed by atoms with Gasteiger partial charge >= 0.3 is 0 Å². The summed E-state index contributed by atoms with van der Waals surface area (Å²) in [4.78, 5) is 12.8. The van der Waals surface area contributed by atoms with Gasteiger partial charge in [0.05, 0.1) is 10.6 Å². The largest absolute Gasteiger partial charge is 0.354 e. The monoisotopic (exact) mass is 522 g/mol. The number of sulfonamides is 1. The Morgan fingerprint density at radius 1 is 1.00 bits per heavy atom. The Kier molecular flexibility index (Phi) is 9.09. The van der Waals surface area contributed by atoms with Crippen LogP contribution in [0, 0.1) is 6.92 Å². The molecule has 0 fully saturated rings. The number of hydrogen-bond donors (Lipinski definition) is 1. The van der Waals surface area contributed by atoms with E-state index in [1.807, 2.05) is 31.2 Å². The van der Waals surface area contributed by atoms with Crippen molar-refractivity contribution >= 4 is 56.6 Å². The highest BCUT2D eigenvalue weighted by atomic mass is 35.5. The molecule has 3 rings (SSSR count). The average Bonchev–Trinajstić information content (AvgIpc) is 2.80. The maximum absolute atomic E-state index is 13.3. The fourth-order valence-electron chi connectivity index (χ4n) is 3.04. The van der Waals surface area contributed by atoms with Crippen LogP contribution in [0.15, 0.2) is 77.7 Å². The van der Waals surface area contributed by atoms with Gasteiger partial charge in [0.25, 0.3) is 10.0 Å². The van der Waals surface area contributed by atoms with Gasteiger partial charge in [-0.3, -0.25) is 9.10 Å². The third kappa shape index (κ3) is 7.14. The van der Waals surface area contributed by atoms with Gasteiger partial charge in [-0.1, -0.05) is 59.6 Å². The Hall–Kier alpha value is -2.19. The molecule has 3 aromatic carbocycles. The molecule has 1 N–H and O–H groups in total. The lowest BCUT2D eigenvalue weighted by molar-refractivity contribution is -0.119. The molecule has 0 radical (unpaired) electrons. The normalized spacial score (nSPS) is 11.2. The number of hydrogen-bond acceptors (Lipinski definition) is 4. The number of aryl methyl sites for hydroxylation is 1. The second-order valence-electron chi connectivity index (χ2n) is 7.29. The summed E-state index contributed by atoms with van der Waals surface area (Å²) in [6, 6.07) is 20.6. The van der Waals surface area contributed by atoms with E-state index in [0.29, 0.717) is 28.0 Å². The van der Waals surface area contributed by atoms with Crippen molar-refractivity contribution in [3.05, 3.63) is 94.0 Å². The Balaban J connectivity index is 1.65. The molecular formula is C24H24Cl2N2O3S2. The second-order valence-corrected chi connectivity index (χ2v) is 11.1. The zero-order valence-electron chi connectivity index (χ0n) is 18.0. The van der Waals surface area contributed by atoms with Crippen molar-refractivity contribution in [1.29, 1.82) is 0 Å². The standard InChI is InChI=1S/C24H24Cl2N2O3S2/c1-18-10-11-21(15-23(18)26)28(33(30,31)22-8-3-2-4-9-22)16-24(29)27-12-13-32-17-19-6-5-7-20(25)14-19/h2-11,14-15H,12-13,16-17H2,1H3,(H,27,29). The highest BCUT2D eigenvalue weighted by Gasteiger charge is 2.27. The number of benzene rings is 3. The lowest BCUT2D eigenvalue weighted by Crippen LogP contribution is -2.41. The first-order valence-corrected chi connectivity index (χ1v) is 13.6. The highest BCUT2D eigenvalue weighted by Crippen LogP contribution is 2.28. The number of halogens is 2. The van der Waals surface area contributed by atoms with Crippen molar-refractivity contribution < 1.29 is 13.2 Å². The van der Waals surface area contributed by atoms with Gasteiger partial charge in [0.2, 0.25) is 5.91 Å². The van der Waals surface area contributed by atoms with Gasteiger partial charge in [-0.05, 0) is 54.4 Å². The lowest BCUT2D eigenvalue weighted by atomic mass is 10.2. The van der Waals surface area contributed by atoms with Gasteiger partial charge in [0.15, 0.2) is 0 Å². The van der Waals surface area contributed by atoms with E-state index in [9.17, 15) is 13.2 Å². The van der Waals surface area contributed by atoms with Crippen LogP contribution in [0.25, 0.3) is 0 Å². The predicted molar refractivity (Wildman–Crippen MR) is 138 cm³/mol. The summed E-state index contributed by atoms with van der Waals surface area (Å²) in [6.07, 6.45) is 0. The van der Waals surface area contributed by atoms with E-state index in [0.717, 1.165) is 21.2 Å². The summed E-state index contributed by atoms with van der Waals surface area (Å²) < 4.78 is 27.7. The second kappa shape index (κ2) is 11.8. The number of nitrogens with one attached hydrogen (secondary N) is 1. The van der Waals surface area contributed by atoms with E-state index in [-0.39, 0.29) is 11.4 Å². The summed E-state index contributed by atoms with van der Waals surface area (Å²) in [7, 11) is -3.96. The van der Waals surface area contributed by atoms with Gasteiger partial charge in [-0.15, -0.1) is 0 Å². The molecule has 9 heteroatoms. The minimum atomic E-state index is -3.96.